The Balaban J connectivity index is 2.15. The van der Waals surface area contributed by atoms with Gasteiger partial charge in [0.05, 0.1) is 11.8 Å². The van der Waals surface area contributed by atoms with E-state index in [0.717, 1.165) is 11.1 Å². The Morgan fingerprint density at radius 1 is 1.45 bits per heavy atom. The quantitative estimate of drug-likeness (QED) is 0.818. The van der Waals surface area contributed by atoms with Crippen molar-refractivity contribution in [1.82, 2.24) is 15.1 Å². The van der Waals surface area contributed by atoms with Gasteiger partial charge in [0.2, 0.25) is 0 Å². The third kappa shape index (κ3) is 3.25. The number of aliphatic hydroxyl groups excluding tert-OH is 1. The minimum Gasteiger partial charge on any atom is -0.384 e. The number of hydrogen-bond donors (Lipinski definition) is 2. The lowest BCUT2D eigenvalue weighted by molar-refractivity contribution is 0.0785. The van der Waals surface area contributed by atoms with Crippen molar-refractivity contribution in [2.24, 2.45) is 0 Å². The molecule has 0 spiro atoms. The highest BCUT2D eigenvalue weighted by Gasteiger charge is 2.13. The van der Waals surface area contributed by atoms with Crippen LogP contribution >= 0.6 is 0 Å². The minimum absolute atomic E-state index is 0.108. The van der Waals surface area contributed by atoms with Gasteiger partial charge in [-0.15, -0.1) is 0 Å². The van der Waals surface area contributed by atoms with Crippen molar-refractivity contribution in [3.05, 3.63) is 53.3 Å². The monoisotopic (exact) mass is 269 g/mol. The van der Waals surface area contributed by atoms with Crippen molar-refractivity contribution >= 4 is 5.91 Å². The number of carbonyl (C=O) groups excluding carboxylic acids is 1. The summed E-state index contributed by atoms with van der Waals surface area (Å²) >= 11 is 0. The molecule has 0 saturated heterocycles. The first-order valence-electron chi connectivity index (χ1n) is 6.14. The molecule has 5 heteroatoms. The van der Waals surface area contributed by atoms with Crippen LogP contribution in [0.2, 0.25) is 0 Å². The molecule has 0 atom stereocenters. The molecule has 0 aliphatic carbocycles. The van der Waals surface area contributed by atoms with Crippen LogP contribution in [0.15, 0.2) is 36.7 Å². The summed E-state index contributed by atoms with van der Waals surface area (Å²) in [4.78, 5) is 13.7. The molecule has 2 rings (SSSR count). The predicted molar refractivity (Wildman–Crippen MR) is 74.8 cm³/mol. The number of nitrogens with zero attached hydrogens (tertiary/aromatic N) is 2. The smallest absolute Gasteiger partial charge is 0.257 e. The molecule has 1 heterocycles. The molecule has 1 aromatic carbocycles. The lowest BCUT2D eigenvalue weighted by Crippen LogP contribution is -2.26. The molecule has 5 nitrogen and oxygen atoms in total. The number of H-pyrrole nitrogens is 1. The Morgan fingerprint density at radius 3 is 2.95 bits per heavy atom. The Labute approximate surface area is 117 Å². The molecule has 20 heavy (non-hydrogen) atoms. The van der Waals surface area contributed by atoms with Crippen molar-refractivity contribution in [3.8, 4) is 11.8 Å². The summed E-state index contributed by atoms with van der Waals surface area (Å²) in [7, 11) is 1.73. The Bertz CT molecular complexity index is 639. The van der Waals surface area contributed by atoms with Crippen LogP contribution in [0.25, 0.3) is 0 Å². The maximum Gasteiger partial charge on any atom is 0.257 e. The maximum absolute atomic E-state index is 12.1. The van der Waals surface area contributed by atoms with Gasteiger partial charge in [-0.1, -0.05) is 30.0 Å². The van der Waals surface area contributed by atoms with E-state index in [9.17, 15) is 4.79 Å². The van der Waals surface area contributed by atoms with E-state index in [0.29, 0.717) is 12.1 Å². The predicted octanol–water partition coefficient (Wildman–Crippen LogP) is 1.03. The maximum atomic E-state index is 12.1. The molecular weight excluding hydrogens is 254 g/mol. The van der Waals surface area contributed by atoms with Crippen LogP contribution < -0.4 is 0 Å². The molecular formula is C15H15N3O2. The van der Waals surface area contributed by atoms with Crippen LogP contribution in [0.5, 0.6) is 0 Å². The Morgan fingerprint density at radius 2 is 2.25 bits per heavy atom. The molecule has 0 unspecified atom stereocenters. The molecule has 1 amide bonds. The van der Waals surface area contributed by atoms with Crippen molar-refractivity contribution in [3.63, 3.8) is 0 Å². The van der Waals surface area contributed by atoms with Crippen LogP contribution in [0.3, 0.4) is 0 Å². The van der Waals surface area contributed by atoms with Crippen LogP contribution in [0.1, 0.15) is 21.5 Å². The van der Waals surface area contributed by atoms with E-state index in [1.54, 1.807) is 18.1 Å². The van der Waals surface area contributed by atoms with Gasteiger partial charge in [0, 0.05) is 25.4 Å². The highest BCUT2D eigenvalue weighted by Crippen LogP contribution is 2.11. The van der Waals surface area contributed by atoms with Crippen molar-refractivity contribution in [2.75, 3.05) is 13.7 Å². The number of aliphatic hydroxyl groups is 1. The Kier molecular flexibility index (Phi) is 4.53. The fourth-order valence-corrected chi connectivity index (χ4v) is 1.83. The van der Waals surface area contributed by atoms with E-state index in [4.69, 9.17) is 5.11 Å². The van der Waals surface area contributed by atoms with Crippen molar-refractivity contribution < 1.29 is 9.90 Å². The zero-order chi connectivity index (χ0) is 14.4. The number of benzene rings is 1. The minimum atomic E-state index is -0.182. The number of rotatable bonds is 3. The highest BCUT2D eigenvalue weighted by atomic mass is 16.2. The second-order valence-corrected chi connectivity index (χ2v) is 4.27. The SMILES string of the molecule is CN(Cc1ccccc1C#CCO)C(=O)c1cn[nH]c1. The fourth-order valence-electron chi connectivity index (χ4n) is 1.83. The average molecular weight is 269 g/mol. The molecule has 2 aromatic rings. The summed E-state index contributed by atoms with van der Waals surface area (Å²) in [5, 5.41) is 15.2. The number of amides is 1. The van der Waals surface area contributed by atoms with E-state index in [2.05, 4.69) is 22.0 Å². The topological polar surface area (TPSA) is 69.2 Å². The summed E-state index contributed by atoms with van der Waals surface area (Å²) < 4.78 is 0. The van der Waals surface area contributed by atoms with Crippen LogP contribution in [0, 0.1) is 11.8 Å². The van der Waals surface area contributed by atoms with Gasteiger partial charge in [-0.3, -0.25) is 9.89 Å². The average Bonchev–Trinajstić information content (AvgIpc) is 2.99. The third-order valence-corrected chi connectivity index (χ3v) is 2.82. The van der Waals surface area contributed by atoms with E-state index < -0.39 is 0 Å². The molecule has 0 bridgehead atoms. The number of carbonyl (C=O) groups is 1. The molecule has 1 aromatic heterocycles. The van der Waals surface area contributed by atoms with Crippen LogP contribution in [0.4, 0.5) is 0 Å². The molecule has 102 valence electrons. The van der Waals surface area contributed by atoms with Gasteiger partial charge < -0.3 is 10.0 Å². The number of hydrogen-bond acceptors (Lipinski definition) is 3. The van der Waals surface area contributed by atoms with E-state index in [1.807, 2.05) is 24.3 Å². The third-order valence-electron chi connectivity index (χ3n) is 2.82. The number of nitrogens with one attached hydrogen (secondary N) is 1. The van der Waals surface area contributed by atoms with E-state index in [-0.39, 0.29) is 12.5 Å². The standard InChI is InChI=1S/C15H15N3O2/c1-18(15(20)14-9-16-17-10-14)11-13-6-3-2-5-12(13)7-4-8-19/h2-3,5-6,9-10,19H,8,11H2,1H3,(H,16,17). The summed E-state index contributed by atoms with van der Waals surface area (Å²) in [6.45, 7) is 0.262. The first-order chi connectivity index (χ1) is 9.72. The van der Waals surface area contributed by atoms with Gasteiger partial charge in [0.1, 0.15) is 6.61 Å². The van der Waals surface area contributed by atoms with Gasteiger partial charge in [-0.25, -0.2) is 0 Å². The second kappa shape index (κ2) is 6.55. The summed E-state index contributed by atoms with van der Waals surface area (Å²) in [5.41, 5.74) is 2.27. The van der Waals surface area contributed by atoms with E-state index >= 15 is 0 Å². The van der Waals surface area contributed by atoms with Crippen LogP contribution in [-0.2, 0) is 6.54 Å². The van der Waals surface area contributed by atoms with Gasteiger partial charge in [0.15, 0.2) is 0 Å². The highest BCUT2D eigenvalue weighted by molar-refractivity contribution is 5.93. The summed E-state index contributed by atoms with van der Waals surface area (Å²) in [5.74, 6) is 5.40. The Hall–Kier alpha value is -2.58. The molecule has 0 fully saturated rings. The van der Waals surface area contributed by atoms with Crippen molar-refractivity contribution in [1.29, 1.82) is 0 Å². The fraction of sp³-hybridized carbons (Fsp3) is 0.200. The first kappa shape index (κ1) is 13.8. The van der Waals surface area contributed by atoms with Gasteiger partial charge in [0.25, 0.3) is 5.91 Å². The number of aromatic amines is 1. The van der Waals surface area contributed by atoms with Crippen molar-refractivity contribution in [2.45, 2.75) is 6.54 Å². The number of aromatic nitrogens is 2. The molecule has 0 aliphatic rings. The zero-order valence-electron chi connectivity index (χ0n) is 11.1. The first-order valence-corrected chi connectivity index (χ1v) is 6.14. The summed E-state index contributed by atoms with van der Waals surface area (Å²) in [6, 6.07) is 7.56. The molecule has 0 saturated carbocycles. The summed E-state index contributed by atoms with van der Waals surface area (Å²) in [6.07, 6.45) is 3.06. The largest absolute Gasteiger partial charge is 0.384 e. The lowest BCUT2D eigenvalue weighted by atomic mass is 10.1. The molecule has 2 N–H and O–H groups in total. The molecule has 0 aliphatic heterocycles. The van der Waals surface area contributed by atoms with Gasteiger partial charge in [-0.2, -0.15) is 5.10 Å². The van der Waals surface area contributed by atoms with Gasteiger partial charge >= 0.3 is 0 Å². The zero-order valence-corrected chi connectivity index (χ0v) is 11.1. The second-order valence-electron chi connectivity index (χ2n) is 4.27. The molecule has 0 radical (unpaired) electrons. The lowest BCUT2D eigenvalue weighted by Gasteiger charge is -2.17. The van der Waals surface area contributed by atoms with Crippen LogP contribution in [-0.4, -0.2) is 39.8 Å². The van der Waals surface area contributed by atoms with Gasteiger partial charge in [-0.05, 0) is 11.6 Å². The normalized spacial score (nSPS) is 9.70. The van der Waals surface area contributed by atoms with E-state index in [1.165, 1.54) is 6.20 Å².